The van der Waals surface area contributed by atoms with Crippen molar-refractivity contribution in [1.29, 1.82) is 0 Å². The highest BCUT2D eigenvalue weighted by Gasteiger charge is 2.08. The van der Waals surface area contributed by atoms with Crippen LogP contribution in [-0.4, -0.2) is 19.1 Å². The van der Waals surface area contributed by atoms with Gasteiger partial charge in [0.15, 0.2) is 0 Å². The van der Waals surface area contributed by atoms with Crippen LogP contribution in [0.1, 0.15) is 38.1 Å². The van der Waals surface area contributed by atoms with Crippen LogP contribution in [0.4, 0.5) is 0 Å². The van der Waals surface area contributed by atoms with Gasteiger partial charge in [-0.3, -0.25) is 9.63 Å². The lowest BCUT2D eigenvalue weighted by molar-refractivity contribution is -0.885. The third-order valence-electron chi connectivity index (χ3n) is 1.69. The fraction of sp³-hybridized carbons (Fsp3) is 0.500. The summed E-state index contributed by atoms with van der Waals surface area (Å²) in [7, 11) is 1.56. The Labute approximate surface area is 97.2 Å². The lowest BCUT2D eigenvalue weighted by atomic mass is 10.2. The van der Waals surface area contributed by atoms with Crippen molar-refractivity contribution in [3.05, 3.63) is 30.1 Å². The normalized spacial score (nSPS) is 9.12. The summed E-state index contributed by atoms with van der Waals surface area (Å²) in [5.41, 5.74) is 0.631. The molecule has 1 aromatic heterocycles. The van der Waals surface area contributed by atoms with Gasteiger partial charge in [0.1, 0.15) is 7.11 Å². The van der Waals surface area contributed by atoms with E-state index in [4.69, 9.17) is 4.84 Å². The van der Waals surface area contributed by atoms with Crippen molar-refractivity contribution in [3.63, 3.8) is 0 Å². The number of hydrogen-bond acceptors (Lipinski definition) is 2. The average molecular weight is 225 g/mol. The summed E-state index contributed by atoms with van der Waals surface area (Å²) in [6.07, 6.45) is 3.38. The van der Waals surface area contributed by atoms with Crippen LogP contribution in [-0.2, 0) is 0 Å². The van der Waals surface area contributed by atoms with E-state index in [9.17, 15) is 4.79 Å². The number of nitrogens with zero attached hydrogens (tertiary/aromatic N) is 1. The summed E-state index contributed by atoms with van der Waals surface area (Å²) in [6, 6.07) is 3.57. The van der Waals surface area contributed by atoms with E-state index in [1.165, 1.54) is 4.73 Å². The zero-order valence-corrected chi connectivity index (χ0v) is 10.7. The number of carbonyl (C=O) groups excluding carboxylic acids is 1. The molecule has 0 unspecified atom stereocenters. The Morgan fingerprint density at radius 2 is 1.81 bits per heavy atom. The van der Waals surface area contributed by atoms with Gasteiger partial charge in [0.25, 0.3) is 5.91 Å². The number of hydrogen-bond donors (Lipinski definition) is 1. The van der Waals surface area contributed by atoms with Crippen LogP contribution in [0, 0.1) is 0 Å². The Hall–Kier alpha value is -1.58. The van der Waals surface area contributed by atoms with Crippen LogP contribution in [0.15, 0.2) is 24.5 Å². The summed E-state index contributed by atoms with van der Waals surface area (Å²) in [4.78, 5) is 16.4. The Morgan fingerprint density at radius 1 is 1.31 bits per heavy atom. The summed E-state index contributed by atoms with van der Waals surface area (Å²) in [5.74, 6) is -0.0664. The van der Waals surface area contributed by atoms with Crippen molar-refractivity contribution in [1.82, 2.24) is 5.32 Å². The highest BCUT2D eigenvalue weighted by Crippen LogP contribution is 1.95. The van der Waals surface area contributed by atoms with Gasteiger partial charge in [-0.05, 0) is 13.8 Å². The fourth-order valence-corrected chi connectivity index (χ4v) is 1.03. The summed E-state index contributed by atoms with van der Waals surface area (Å²) < 4.78 is 1.52. The Balaban J connectivity index is 0.00000106. The quantitative estimate of drug-likeness (QED) is 0.785. The molecule has 0 atom stereocenters. The first kappa shape index (κ1) is 14.4. The predicted octanol–water partition coefficient (Wildman–Crippen LogP) is 1.20. The molecule has 0 aliphatic rings. The highest BCUT2D eigenvalue weighted by molar-refractivity contribution is 5.94. The molecule has 16 heavy (non-hydrogen) atoms. The SMILES string of the molecule is CC.CO[n+]1ccc(C(=O)NC(C)C)cc1. The van der Waals surface area contributed by atoms with Gasteiger partial charge in [-0.2, -0.15) is 0 Å². The number of pyridine rings is 1. The van der Waals surface area contributed by atoms with Gasteiger partial charge in [0.2, 0.25) is 12.4 Å². The Bertz CT molecular complexity index is 307. The van der Waals surface area contributed by atoms with E-state index < -0.39 is 0 Å². The topological polar surface area (TPSA) is 42.2 Å². The molecule has 1 amide bonds. The van der Waals surface area contributed by atoms with Gasteiger partial charge >= 0.3 is 0 Å². The summed E-state index contributed by atoms with van der Waals surface area (Å²) >= 11 is 0. The summed E-state index contributed by atoms with van der Waals surface area (Å²) in [5, 5.41) is 2.81. The zero-order valence-electron chi connectivity index (χ0n) is 10.7. The molecule has 90 valence electrons. The average Bonchev–Trinajstić information content (AvgIpc) is 2.31. The third-order valence-corrected chi connectivity index (χ3v) is 1.69. The van der Waals surface area contributed by atoms with Gasteiger partial charge in [0, 0.05) is 22.9 Å². The smallest absolute Gasteiger partial charge is 0.251 e. The van der Waals surface area contributed by atoms with Crippen LogP contribution in [0.2, 0.25) is 0 Å². The number of rotatable bonds is 3. The van der Waals surface area contributed by atoms with E-state index in [-0.39, 0.29) is 11.9 Å². The molecule has 1 heterocycles. The Morgan fingerprint density at radius 3 is 2.19 bits per heavy atom. The molecule has 0 bridgehead atoms. The first-order valence-corrected chi connectivity index (χ1v) is 5.50. The molecular weight excluding hydrogens is 204 g/mol. The van der Waals surface area contributed by atoms with E-state index in [0.29, 0.717) is 5.56 Å². The summed E-state index contributed by atoms with van der Waals surface area (Å²) in [6.45, 7) is 7.85. The van der Waals surface area contributed by atoms with E-state index >= 15 is 0 Å². The molecular formula is C12H21N2O2+. The van der Waals surface area contributed by atoms with Crippen LogP contribution in [0.25, 0.3) is 0 Å². The molecule has 0 aromatic carbocycles. The van der Waals surface area contributed by atoms with Crippen LogP contribution in [0.5, 0.6) is 0 Å². The number of amides is 1. The standard InChI is InChI=1S/C10H14N2O2.C2H6/c1-8(2)11-10(13)9-4-6-12(14-3)7-5-9;1-2/h4-8H,1-3H3;1-2H3/p+1. The fourth-order valence-electron chi connectivity index (χ4n) is 1.03. The lowest BCUT2D eigenvalue weighted by Crippen LogP contribution is -2.40. The minimum atomic E-state index is -0.0664. The van der Waals surface area contributed by atoms with Crippen LogP contribution < -0.4 is 14.9 Å². The minimum absolute atomic E-state index is 0.0664. The van der Waals surface area contributed by atoms with Crippen molar-refractivity contribution in [2.24, 2.45) is 0 Å². The van der Waals surface area contributed by atoms with Gasteiger partial charge < -0.3 is 5.32 Å². The Kier molecular flexibility index (Phi) is 6.92. The molecule has 1 aromatic rings. The molecule has 4 nitrogen and oxygen atoms in total. The second-order valence-electron chi connectivity index (χ2n) is 3.26. The largest absolute Gasteiger partial charge is 0.350 e. The molecule has 1 rings (SSSR count). The minimum Gasteiger partial charge on any atom is -0.350 e. The van der Waals surface area contributed by atoms with Crippen molar-refractivity contribution in [2.75, 3.05) is 7.11 Å². The van der Waals surface area contributed by atoms with Gasteiger partial charge in [-0.1, -0.05) is 13.8 Å². The monoisotopic (exact) mass is 225 g/mol. The molecule has 0 aliphatic carbocycles. The van der Waals surface area contributed by atoms with Gasteiger partial charge in [0.05, 0.1) is 5.56 Å². The molecule has 0 fully saturated rings. The number of nitrogens with one attached hydrogen (secondary N) is 1. The molecule has 0 saturated heterocycles. The maximum atomic E-state index is 11.5. The van der Waals surface area contributed by atoms with E-state index in [0.717, 1.165) is 0 Å². The molecule has 4 heteroatoms. The lowest BCUT2D eigenvalue weighted by Gasteiger charge is -2.06. The molecule has 1 N–H and O–H groups in total. The molecule has 0 aliphatic heterocycles. The second-order valence-corrected chi connectivity index (χ2v) is 3.26. The maximum absolute atomic E-state index is 11.5. The molecule has 0 spiro atoms. The molecule has 0 radical (unpaired) electrons. The van der Waals surface area contributed by atoms with Crippen LogP contribution in [0.3, 0.4) is 0 Å². The number of carbonyl (C=O) groups is 1. The predicted molar refractivity (Wildman–Crippen MR) is 63.1 cm³/mol. The van der Waals surface area contributed by atoms with Crippen molar-refractivity contribution in [2.45, 2.75) is 33.7 Å². The highest BCUT2D eigenvalue weighted by atomic mass is 16.6. The van der Waals surface area contributed by atoms with Crippen molar-refractivity contribution >= 4 is 5.91 Å². The van der Waals surface area contributed by atoms with E-state index in [2.05, 4.69) is 5.32 Å². The number of aromatic nitrogens is 1. The second kappa shape index (κ2) is 7.68. The van der Waals surface area contributed by atoms with E-state index in [1.807, 2.05) is 27.7 Å². The van der Waals surface area contributed by atoms with Crippen molar-refractivity contribution in [3.8, 4) is 0 Å². The van der Waals surface area contributed by atoms with Crippen molar-refractivity contribution < 1.29 is 14.4 Å². The maximum Gasteiger partial charge on any atom is 0.251 e. The third kappa shape index (κ3) is 4.77. The van der Waals surface area contributed by atoms with Gasteiger partial charge in [-0.25, -0.2) is 0 Å². The first-order valence-electron chi connectivity index (χ1n) is 5.50. The first-order chi connectivity index (χ1) is 7.63. The van der Waals surface area contributed by atoms with Gasteiger partial charge in [-0.15, -0.1) is 0 Å². The van der Waals surface area contributed by atoms with E-state index in [1.54, 1.807) is 31.6 Å². The zero-order chi connectivity index (χ0) is 12.6. The molecule has 0 saturated carbocycles. The van der Waals surface area contributed by atoms with Crippen LogP contribution >= 0.6 is 0 Å².